The van der Waals surface area contributed by atoms with E-state index < -0.39 is 5.95 Å². The summed E-state index contributed by atoms with van der Waals surface area (Å²) in [7, 11) is 0. The van der Waals surface area contributed by atoms with Crippen LogP contribution >= 0.6 is 0 Å². The lowest BCUT2D eigenvalue weighted by molar-refractivity contribution is 0.585. The molecule has 1 rings (SSSR count). The van der Waals surface area contributed by atoms with Crippen LogP contribution in [0.1, 0.15) is 0 Å². The molecule has 9 heavy (non-hydrogen) atoms. The molecule has 0 amide bonds. The van der Waals surface area contributed by atoms with Gasteiger partial charge in [0.2, 0.25) is 5.95 Å². The third-order valence-corrected chi connectivity index (χ3v) is 0.935. The Balaban J connectivity index is 3.17. The maximum absolute atomic E-state index is 12.1. The van der Waals surface area contributed by atoms with Gasteiger partial charge < -0.3 is 11.5 Å². The Morgan fingerprint density at radius 3 is 2.44 bits per heavy atom. The standard InChI is InChI=1S/C5H6FN3/c6-5-1-3(7)4(8)2-9-5/h1-2H,8H2,(H2,7,9). The van der Waals surface area contributed by atoms with Gasteiger partial charge in [-0.3, -0.25) is 0 Å². The van der Waals surface area contributed by atoms with Gasteiger partial charge in [0.1, 0.15) is 0 Å². The SMILES string of the molecule is Nc1cnc(F)cc1N. The van der Waals surface area contributed by atoms with Gasteiger partial charge in [-0.1, -0.05) is 0 Å². The summed E-state index contributed by atoms with van der Waals surface area (Å²) in [4.78, 5) is 3.27. The summed E-state index contributed by atoms with van der Waals surface area (Å²) in [6, 6.07) is 1.08. The van der Waals surface area contributed by atoms with Gasteiger partial charge >= 0.3 is 0 Å². The molecule has 0 atom stereocenters. The Morgan fingerprint density at radius 2 is 2.00 bits per heavy atom. The van der Waals surface area contributed by atoms with Crippen molar-refractivity contribution in [3.05, 3.63) is 18.2 Å². The molecule has 0 aromatic carbocycles. The highest BCUT2D eigenvalue weighted by Crippen LogP contribution is 2.11. The molecule has 0 radical (unpaired) electrons. The van der Waals surface area contributed by atoms with Gasteiger partial charge in [0.15, 0.2) is 0 Å². The van der Waals surface area contributed by atoms with Crippen LogP contribution in [0.15, 0.2) is 12.3 Å². The molecule has 4 N–H and O–H groups in total. The van der Waals surface area contributed by atoms with E-state index in [1.807, 2.05) is 0 Å². The van der Waals surface area contributed by atoms with Crippen molar-refractivity contribution in [1.29, 1.82) is 0 Å². The smallest absolute Gasteiger partial charge is 0.215 e. The van der Waals surface area contributed by atoms with Gasteiger partial charge in [0, 0.05) is 6.07 Å². The van der Waals surface area contributed by atoms with Crippen LogP contribution in [0.4, 0.5) is 15.8 Å². The molecule has 0 bridgehead atoms. The largest absolute Gasteiger partial charge is 0.397 e. The lowest BCUT2D eigenvalue weighted by Gasteiger charge is -1.95. The highest BCUT2D eigenvalue weighted by atomic mass is 19.1. The Hall–Kier alpha value is -1.32. The van der Waals surface area contributed by atoms with E-state index in [1.54, 1.807) is 0 Å². The Kier molecular flexibility index (Phi) is 1.22. The van der Waals surface area contributed by atoms with Crippen molar-refractivity contribution in [2.45, 2.75) is 0 Å². The van der Waals surface area contributed by atoms with Crippen LogP contribution in [-0.4, -0.2) is 4.98 Å². The average molecular weight is 127 g/mol. The quantitative estimate of drug-likeness (QED) is 0.495. The topological polar surface area (TPSA) is 64.9 Å². The number of rotatable bonds is 0. The molecule has 0 aliphatic rings. The molecule has 0 aliphatic heterocycles. The van der Waals surface area contributed by atoms with Gasteiger partial charge in [-0.25, -0.2) is 4.98 Å². The maximum atomic E-state index is 12.1. The van der Waals surface area contributed by atoms with E-state index >= 15 is 0 Å². The second-order valence-corrected chi connectivity index (χ2v) is 1.64. The van der Waals surface area contributed by atoms with Crippen molar-refractivity contribution in [3.63, 3.8) is 0 Å². The molecule has 0 saturated carbocycles. The molecule has 0 saturated heterocycles. The fourth-order valence-electron chi connectivity index (χ4n) is 0.455. The molecule has 0 unspecified atom stereocenters. The van der Waals surface area contributed by atoms with Gasteiger partial charge in [0.05, 0.1) is 17.6 Å². The van der Waals surface area contributed by atoms with Gasteiger partial charge in [0.25, 0.3) is 0 Å². The second-order valence-electron chi connectivity index (χ2n) is 1.64. The Labute approximate surface area is 51.5 Å². The summed E-state index contributed by atoms with van der Waals surface area (Å²) < 4.78 is 12.1. The average Bonchev–Trinajstić information content (AvgIpc) is 1.80. The monoisotopic (exact) mass is 127 g/mol. The van der Waals surface area contributed by atoms with Crippen molar-refractivity contribution in [1.82, 2.24) is 4.98 Å². The van der Waals surface area contributed by atoms with E-state index in [0.29, 0.717) is 5.69 Å². The zero-order valence-electron chi connectivity index (χ0n) is 4.63. The predicted molar refractivity (Wildman–Crippen MR) is 33.0 cm³/mol. The second kappa shape index (κ2) is 1.89. The van der Waals surface area contributed by atoms with E-state index in [-0.39, 0.29) is 5.69 Å². The minimum absolute atomic E-state index is 0.225. The van der Waals surface area contributed by atoms with Crippen molar-refractivity contribution in [2.75, 3.05) is 11.5 Å². The minimum Gasteiger partial charge on any atom is -0.397 e. The molecule has 0 spiro atoms. The Bertz CT molecular complexity index is 223. The van der Waals surface area contributed by atoms with Crippen LogP contribution in [0, 0.1) is 5.95 Å². The molecule has 4 heteroatoms. The molecular weight excluding hydrogens is 121 g/mol. The van der Waals surface area contributed by atoms with Crippen molar-refractivity contribution >= 4 is 11.4 Å². The fourth-order valence-corrected chi connectivity index (χ4v) is 0.455. The zero-order chi connectivity index (χ0) is 6.85. The summed E-state index contributed by atoms with van der Waals surface area (Å²) in [5.74, 6) is -0.610. The number of pyridine rings is 1. The lowest BCUT2D eigenvalue weighted by Crippen LogP contribution is -1.96. The van der Waals surface area contributed by atoms with Crippen molar-refractivity contribution in [3.8, 4) is 0 Å². The molecule has 1 heterocycles. The summed E-state index contributed by atoms with van der Waals surface area (Å²) in [5, 5.41) is 0. The summed E-state index contributed by atoms with van der Waals surface area (Å²) >= 11 is 0. The van der Waals surface area contributed by atoms with E-state index in [1.165, 1.54) is 6.20 Å². The number of nitrogens with zero attached hydrogens (tertiary/aromatic N) is 1. The molecule has 1 aromatic rings. The first-order chi connectivity index (χ1) is 4.20. The summed E-state index contributed by atoms with van der Waals surface area (Å²) in [6.07, 6.45) is 1.19. The highest BCUT2D eigenvalue weighted by Gasteiger charge is 1.94. The third kappa shape index (κ3) is 1.07. The minimum atomic E-state index is -0.610. The summed E-state index contributed by atoms with van der Waals surface area (Å²) in [5.41, 5.74) is 11.0. The normalized spacial score (nSPS) is 9.44. The van der Waals surface area contributed by atoms with Crippen LogP contribution < -0.4 is 11.5 Å². The number of nitrogen functional groups attached to an aromatic ring is 2. The highest BCUT2D eigenvalue weighted by molar-refractivity contribution is 5.60. The van der Waals surface area contributed by atoms with Crippen LogP contribution in [0.5, 0.6) is 0 Å². The molecule has 0 fully saturated rings. The Morgan fingerprint density at radius 1 is 1.33 bits per heavy atom. The van der Waals surface area contributed by atoms with Crippen LogP contribution in [0.25, 0.3) is 0 Å². The van der Waals surface area contributed by atoms with Crippen molar-refractivity contribution < 1.29 is 4.39 Å². The summed E-state index contributed by atoms with van der Waals surface area (Å²) in [6.45, 7) is 0. The number of hydrogen-bond donors (Lipinski definition) is 2. The van der Waals surface area contributed by atoms with Gasteiger partial charge in [-0.15, -0.1) is 0 Å². The fraction of sp³-hybridized carbons (Fsp3) is 0. The van der Waals surface area contributed by atoms with Crippen LogP contribution in [0.2, 0.25) is 0 Å². The van der Waals surface area contributed by atoms with Crippen LogP contribution in [-0.2, 0) is 0 Å². The van der Waals surface area contributed by atoms with Gasteiger partial charge in [-0.05, 0) is 0 Å². The van der Waals surface area contributed by atoms with Gasteiger partial charge in [-0.2, -0.15) is 4.39 Å². The third-order valence-electron chi connectivity index (χ3n) is 0.935. The predicted octanol–water partition coefficient (Wildman–Crippen LogP) is 0.385. The van der Waals surface area contributed by atoms with E-state index in [0.717, 1.165) is 6.07 Å². The lowest BCUT2D eigenvalue weighted by atomic mass is 10.4. The molecule has 3 nitrogen and oxygen atoms in total. The molecule has 1 aromatic heterocycles. The maximum Gasteiger partial charge on any atom is 0.215 e. The first-order valence-electron chi connectivity index (χ1n) is 2.36. The van der Waals surface area contributed by atoms with Crippen molar-refractivity contribution in [2.24, 2.45) is 0 Å². The zero-order valence-corrected chi connectivity index (χ0v) is 4.63. The number of aromatic nitrogens is 1. The molecular formula is C5H6FN3. The van der Waals surface area contributed by atoms with E-state index in [2.05, 4.69) is 4.98 Å². The number of halogens is 1. The number of nitrogens with two attached hydrogens (primary N) is 2. The van der Waals surface area contributed by atoms with E-state index in [4.69, 9.17) is 11.5 Å². The number of hydrogen-bond acceptors (Lipinski definition) is 3. The number of anilines is 2. The van der Waals surface area contributed by atoms with Crippen LogP contribution in [0.3, 0.4) is 0 Å². The molecule has 48 valence electrons. The first kappa shape index (κ1) is 5.81. The first-order valence-corrected chi connectivity index (χ1v) is 2.36. The van der Waals surface area contributed by atoms with E-state index in [9.17, 15) is 4.39 Å². The molecule has 0 aliphatic carbocycles.